The zero-order valence-electron chi connectivity index (χ0n) is 9.68. The van der Waals surface area contributed by atoms with E-state index in [9.17, 15) is 4.79 Å². The summed E-state index contributed by atoms with van der Waals surface area (Å²) in [5.74, 6) is 1.05. The molecule has 1 aromatic heterocycles. The van der Waals surface area contributed by atoms with Crippen molar-refractivity contribution in [1.29, 1.82) is 0 Å². The van der Waals surface area contributed by atoms with Crippen LogP contribution >= 0.6 is 0 Å². The first-order valence-electron chi connectivity index (χ1n) is 5.55. The molecule has 17 heavy (non-hydrogen) atoms. The van der Waals surface area contributed by atoms with E-state index >= 15 is 0 Å². The van der Waals surface area contributed by atoms with Gasteiger partial charge in [0.2, 0.25) is 0 Å². The number of aromatic amines is 1. The smallest absolute Gasteiger partial charge is 0.343 e. The second kappa shape index (κ2) is 4.86. The minimum absolute atomic E-state index is 0.176. The second-order valence-electron chi connectivity index (χ2n) is 4.02. The molecule has 0 unspecified atom stereocenters. The molecular weight excluding hydrogens is 218 g/mol. The van der Waals surface area contributed by atoms with Crippen LogP contribution < -0.4 is 5.69 Å². The van der Waals surface area contributed by atoms with Gasteiger partial charge in [0, 0.05) is 13.5 Å². The van der Waals surface area contributed by atoms with Crippen molar-refractivity contribution < 1.29 is 5.11 Å². The number of phenols is 1. The van der Waals surface area contributed by atoms with Crippen LogP contribution in [0.1, 0.15) is 17.8 Å². The number of aromatic hydroxyl groups is 1. The molecule has 2 aromatic rings. The first kappa shape index (κ1) is 11.4. The Balaban J connectivity index is 1.90. The normalized spacial score (nSPS) is 10.6. The number of benzene rings is 1. The van der Waals surface area contributed by atoms with Gasteiger partial charge >= 0.3 is 5.69 Å². The Bertz CT molecular complexity index is 540. The standard InChI is InChI=1S/C12H15N3O2/c1-15-11(13-14-12(15)17)4-2-3-9-5-7-10(16)8-6-9/h5-8,16H,2-4H2,1H3,(H,14,17). The maximum atomic E-state index is 11.1. The van der Waals surface area contributed by atoms with E-state index in [-0.39, 0.29) is 11.4 Å². The van der Waals surface area contributed by atoms with Gasteiger partial charge in [-0.05, 0) is 30.5 Å². The molecule has 1 aromatic carbocycles. The van der Waals surface area contributed by atoms with Crippen molar-refractivity contribution in [2.45, 2.75) is 19.3 Å². The second-order valence-corrected chi connectivity index (χ2v) is 4.02. The van der Waals surface area contributed by atoms with Crippen molar-refractivity contribution in [3.63, 3.8) is 0 Å². The summed E-state index contributed by atoms with van der Waals surface area (Å²) in [6, 6.07) is 7.16. The van der Waals surface area contributed by atoms with Gasteiger partial charge in [-0.3, -0.25) is 4.57 Å². The van der Waals surface area contributed by atoms with Crippen LogP contribution in [0.2, 0.25) is 0 Å². The van der Waals surface area contributed by atoms with Crippen LogP contribution in [0.4, 0.5) is 0 Å². The molecule has 0 atom stereocenters. The van der Waals surface area contributed by atoms with Crippen molar-refractivity contribution in [1.82, 2.24) is 14.8 Å². The Hall–Kier alpha value is -2.04. The van der Waals surface area contributed by atoms with Gasteiger partial charge in [-0.25, -0.2) is 9.89 Å². The lowest BCUT2D eigenvalue weighted by Crippen LogP contribution is -2.14. The summed E-state index contributed by atoms with van der Waals surface area (Å²) in [5.41, 5.74) is 0.993. The van der Waals surface area contributed by atoms with E-state index in [1.165, 1.54) is 10.1 Å². The lowest BCUT2D eigenvalue weighted by molar-refractivity contribution is 0.475. The van der Waals surface area contributed by atoms with Crippen LogP contribution in [0.25, 0.3) is 0 Å². The van der Waals surface area contributed by atoms with Crippen LogP contribution in [0.15, 0.2) is 29.1 Å². The van der Waals surface area contributed by atoms with Gasteiger partial charge in [0.05, 0.1) is 0 Å². The maximum Gasteiger partial charge on any atom is 0.343 e. The fraction of sp³-hybridized carbons (Fsp3) is 0.333. The number of hydrogen-bond donors (Lipinski definition) is 2. The van der Waals surface area contributed by atoms with E-state index in [1.807, 2.05) is 12.1 Å². The average Bonchev–Trinajstić information content (AvgIpc) is 2.64. The number of rotatable bonds is 4. The predicted octanol–water partition coefficient (Wildman–Crippen LogP) is 0.989. The van der Waals surface area contributed by atoms with Crippen LogP contribution in [0.3, 0.4) is 0 Å². The Morgan fingerprint density at radius 1 is 1.29 bits per heavy atom. The summed E-state index contributed by atoms with van der Waals surface area (Å²) in [6.07, 6.45) is 2.58. The molecule has 2 rings (SSSR count). The van der Waals surface area contributed by atoms with Crippen molar-refractivity contribution in [2.24, 2.45) is 7.05 Å². The van der Waals surface area contributed by atoms with Crippen molar-refractivity contribution in [2.75, 3.05) is 0 Å². The minimum atomic E-state index is -0.176. The van der Waals surface area contributed by atoms with E-state index in [0.717, 1.165) is 25.1 Å². The van der Waals surface area contributed by atoms with E-state index in [4.69, 9.17) is 5.11 Å². The molecular formula is C12H15N3O2. The minimum Gasteiger partial charge on any atom is -0.508 e. The van der Waals surface area contributed by atoms with E-state index in [2.05, 4.69) is 10.2 Å². The number of nitrogens with one attached hydrogen (secondary N) is 1. The first-order chi connectivity index (χ1) is 8.16. The third-order valence-corrected chi connectivity index (χ3v) is 2.77. The molecule has 0 radical (unpaired) electrons. The highest BCUT2D eigenvalue weighted by Gasteiger charge is 2.03. The highest BCUT2D eigenvalue weighted by molar-refractivity contribution is 5.25. The quantitative estimate of drug-likeness (QED) is 0.827. The molecule has 90 valence electrons. The van der Waals surface area contributed by atoms with Gasteiger partial charge in [-0.2, -0.15) is 5.10 Å². The van der Waals surface area contributed by atoms with Gasteiger partial charge in [-0.15, -0.1) is 0 Å². The fourth-order valence-electron chi connectivity index (χ4n) is 1.72. The fourth-order valence-corrected chi connectivity index (χ4v) is 1.72. The lowest BCUT2D eigenvalue weighted by Gasteiger charge is -2.01. The maximum absolute atomic E-state index is 11.1. The molecule has 0 amide bonds. The van der Waals surface area contributed by atoms with Crippen LogP contribution in [0.5, 0.6) is 5.75 Å². The molecule has 1 heterocycles. The molecule has 0 saturated heterocycles. The molecule has 5 heteroatoms. The molecule has 5 nitrogen and oxygen atoms in total. The zero-order chi connectivity index (χ0) is 12.3. The summed E-state index contributed by atoms with van der Waals surface area (Å²) in [6.45, 7) is 0. The molecule has 0 bridgehead atoms. The SMILES string of the molecule is Cn1c(CCCc2ccc(O)cc2)n[nH]c1=O. The summed E-state index contributed by atoms with van der Waals surface area (Å²) < 4.78 is 1.52. The number of phenolic OH excluding ortho intramolecular Hbond substituents is 1. The monoisotopic (exact) mass is 233 g/mol. The average molecular weight is 233 g/mol. The summed E-state index contributed by atoms with van der Waals surface area (Å²) >= 11 is 0. The summed E-state index contributed by atoms with van der Waals surface area (Å²) in [7, 11) is 1.71. The van der Waals surface area contributed by atoms with Gasteiger partial charge in [0.15, 0.2) is 0 Å². The van der Waals surface area contributed by atoms with Crippen molar-refractivity contribution in [3.05, 3.63) is 46.1 Å². The number of hydrogen-bond acceptors (Lipinski definition) is 3. The van der Waals surface area contributed by atoms with E-state index in [1.54, 1.807) is 19.2 Å². The molecule has 0 spiro atoms. The van der Waals surface area contributed by atoms with E-state index in [0.29, 0.717) is 0 Å². The number of aryl methyl sites for hydroxylation is 2. The van der Waals surface area contributed by atoms with Crippen LogP contribution in [-0.4, -0.2) is 19.9 Å². The third kappa shape index (κ3) is 2.75. The number of H-pyrrole nitrogens is 1. The van der Waals surface area contributed by atoms with Gasteiger partial charge in [0.25, 0.3) is 0 Å². The molecule has 0 aliphatic rings. The molecule has 0 aliphatic heterocycles. The summed E-state index contributed by atoms with van der Waals surface area (Å²) in [5, 5.41) is 15.5. The van der Waals surface area contributed by atoms with Crippen molar-refractivity contribution in [3.8, 4) is 5.75 Å². The van der Waals surface area contributed by atoms with E-state index < -0.39 is 0 Å². The Kier molecular flexibility index (Phi) is 3.27. The zero-order valence-corrected chi connectivity index (χ0v) is 9.68. The highest BCUT2D eigenvalue weighted by Crippen LogP contribution is 2.11. The lowest BCUT2D eigenvalue weighted by atomic mass is 10.1. The van der Waals surface area contributed by atoms with Crippen molar-refractivity contribution >= 4 is 0 Å². The Labute approximate surface area is 98.7 Å². The highest BCUT2D eigenvalue weighted by atomic mass is 16.3. The largest absolute Gasteiger partial charge is 0.508 e. The van der Waals surface area contributed by atoms with Gasteiger partial charge in [-0.1, -0.05) is 12.1 Å². The topological polar surface area (TPSA) is 70.9 Å². The Morgan fingerprint density at radius 3 is 2.59 bits per heavy atom. The molecule has 0 aliphatic carbocycles. The van der Waals surface area contributed by atoms with Gasteiger partial charge < -0.3 is 5.11 Å². The van der Waals surface area contributed by atoms with Crippen LogP contribution in [0, 0.1) is 0 Å². The number of aromatic nitrogens is 3. The number of nitrogens with zero attached hydrogens (tertiary/aromatic N) is 2. The summed E-state index contributed by atoms with van der Waals surface area (Å²) in [4.78, 5) is 11.1. The molecule has 2 N–H and O–H groups in total. The van der Waals surface area contributed by atoms with Gasteiger partial charge in [0.1, 0.15) is 11.6 Å². The van der Waals surface area contributed by atoms with Crippen LogP contribution in [-0.2, 0) is 19.9 Å². The molecule has 0 saturated carbocycles. The predicted molar refractivity (Wildman–Crippen MR) is 64.0 cm³/mol. The third-order valence-electron chi connectivity index (χ3n) is 2.77. The first-order valence-corrected chi connectivity index (χ1v) is 5.55. The Morgan fingerprint density at radius 2 is 2.00 bits per heavy atom. The molecule has 0 fully saturated rings.